The van der Waals surface area contributed by atoms with Gasteiger partial charge in [0.05, 0.1) is 22.2 Å². The number of aryl methyl sites for hydroxylation is 1. The van der Waals surface area contributed by atoms with Crippen molar-refractivity contribution in [2.75, 3.05) is 30.3 Å². The molecule has 4 fully saturated rings. The van der Waals surface area contributed by atoms with Crippen molar-refractivity contribution < 1.29 is 31.1 Å². The van der Waals surface area contributed by atoms with Crippen LogP contribution in [0.4, 0.5) is 38.0 Å². The molecule has 7 heterocycles. The minimum absolute atomic E-state index is 0.0204. The molecule has 47 heavy (non-hydrogen) atoms. The highest BCUT2D eigenvalue weighted by Gasteiger charge is 2.46. The molecule has 0 amide bonds. The number of halogens is 6. The van der Waals surface area contributed by atoms with Gasteiger partial charge in [-0.3, -0.25) is 4.90 Å². The molecule has 0 saturated carbocycles. The Morgan fingerprint density at radius 1 is 1.00 bits per heavy atom. The van der Waals surface area contributed by atoms with Gasteiger partial charge < -0.3 is 20.7 Å². The Balaban J connectivity index is 1.38. The third-order valence-electron chi connectivity index (χ3n) is 10.7. The summed E-state index contributed by atoms with van der Waals surface area (Å²) in [5.41, 5.74) is 2.06. The second-order valence-electron chi connectivity index (χ2n) is 13.6. The molecule has 8 rings (SSSR count). The first-order chi connectivity index (χ1) is 22.4. The van der Waals surface area contributed by atoms with Crippen molar-refractivity contribution >= 4 is 28.1 Å². The highest BCUT2D eigenvalue weighted by atomic mass is 19.4. The molecule has 4 saturated heterocycles. The molecule has 0 spiro atoms. The van der Waals surface area contributed by atoms with E-state index in [2.05, 4.69) is 26.8 Å². The summed E-state index contributed by atoms with van der Waals surface area (Å²) in [7, 11) is 0. The Kier molecular flexibility index (Phi) is 7.14. The van der Waals surface area contributed by atoms with E-state index in [-0.39, 0.29) is 76.7 Å². The quantitative estimate of drug-likeness (QED) is 0.334. The van der Waals surface area contributed by atoms with Crippen LogP contribution in [0.1, 0.15) is 61.6 Å². The fourth-order valence-corrected chi connectivity index (χ4v) is 8.70. The van der Waals surface area contributed by atoms with E-state index in [4.69, 9.17) is 15.5 Å². The lowest BCUT2D eigenvalue weighted by atomic mass is 9.90. The molecule has 5 aliphatic heterocycles. The smallest absolute Gasteiger partial charge is 0.418 e. The lowest BCUT2D eigenvalue weighted by Crippen LogP contribution is -2.58. The largest absolute Gasteiger partial charge is 0.458 e. The molecule has 2 bridgehead atoms. The predicted octanol–water partition coefficient (Wildman–Crippen LogP) is 5.95. The van der Waals surface area contributed by atoms with Crippen molar-refractivity contribution in [3.05, 3.63) is 41.0 Å². The SMILES string of the molecule is C=C1C[C@@H]2[C@@H]3CC[C@H](CN2c2nc(OC4CC[C@@H](F)CN5CCC[C@H]45)nc4c(F)c(-c5nc(N)cc(C)c5C(F)(F)F)c(F)c1c24)N3. The Bertz CT molecular complexity index is 1800. The molecule has 1 aromatic carbocycles. The van der Waals surface area contributed by atoms with Crippen LogP contribution in [0.15, 0.2) is 12.6 Å². The zero-order valence-electron chi connectivity index (χ0n) is 25.8. The zero-order valence-corrected chi connectivity index (χ0v) is 25.8. The van der Waals surface area contributed by atoms with E-state index in [0.717, 1.165) is 38.3 Å². The van der Waals surface area contributed by atoms with Crippen LogP contribution in [-0.2, 0) is 6.18 Å². The Morgan fingerprint density at radius 2 is 1.81 bits per heavy atom. The monoisotopic (exact) mass is 659 g/mol. The number of fused-ring (bicyclic) bond motifs is 6. The van der Waals surface area contributed by atoms with Crippen molar-refractivity contribution in [1.29, 1.82) is 0 Å². The summed E-state index contributed by atoms with van der Waals surface area (Å²) in [6.07, 6.45) is -2.12. The van der Waals surface area contributed by atoms with Crippen LogP contribution in [0, 0.1) is 18.6 Å². The summed E-state index contributed by atoms with van der Waals surface area (Å²) in [6.45, 7) is 6.87. The van der Waals surface area contributed by atoms with Gasteiger partial charge in [0.1, 0.15) is 35.2 Å². The van der Waals surface area contributed by atoms with Crippen molar-refractivity contribution in [2.45, 2.75) is 94.5 Å². The average molecular weight is 660 g/mol. The minimum atomic E-state index is -4.99. The van der Waals surface area contributed by atoms with E-state index < -0.39 is 46.9 Å². The molecular formula is C33H35F6N7O. The number of benzene rings is 1. The van der Waals surface area contributed by atoms with Crippen molar-refractivity contribution in [3.8, 4) is 17.3 Å². The van der Waals surface area contributed by atoms with Crippen molar-refractivity contribution in [1.82, 2.24) is 25.2 Å². The van der Waals surface area contributed by atoms with Gasteiger partial charge in [-0.2, -0.15) is 23.1 Å². The Morgan fingerprint density at radius 3 is 2.60 bits per heavy atom. The van der Waals surface area contributed by atoms with Gasteiger partial charge in [0.25, 0.3) is 0 Å². The van der Waals surface area contributed by atoms with Crippen LogP contribution in [0.5, 0.6) is 6.01 Å². The Hall–Kier alpha value is -3.65. The molecule has 5 aliphatic rings. The summed E-state index contributed by atoms with van der Waals surface area (Å²) >= 11 is 0. The summed E-state index contributed by atoms with van der Waals surface area (Å²) in [5, 5.41) is 3.63. The van der Waals surface area contributed by atoms with Gasteiger partial charge in [-0.1, -0.05) is 6.58 Å². The number of piperazine rings is 1. The molecule has 14 heteroatoms. The molecule has 3 N–H and O–H groups in total. The summed E-state index contributed by atoms with van der Waals surface area (Å²) in [6, 6.07) is 0.665. The average Bonchev–Trinajstić information content (AvgIpc) is 3.55. The molecule has 2 aromatic heterocycles. The van der Waals surface area contributed by atoms with E-state index in [1.54, 1.807) is 0 Å². The first kappa shape index (κ1) is 30.7. The number of nitrogen functional groups attached to an aromatic ring is 1. The number of alkyl halides is 4. The number of pyridine rings is 1. The second kappa shape index (κ2) is 10.9. The number of anilines is 2. The number of aromatic nitrogens is 3. The number of nitrogens with two attached hydrogens (primary N) is 1. The molecule has 250 valence electrons. The topological polar surface area (TPSA) is 92.4 Å². The summed E-state index contributed by atoms with van der Waals surface area (Å²) in [4.78, 5) is 17.2. The maximum atomic E-state index is 17.0. The van der Waals surface area contributed by atoms with E-state index in [0.29, 0.717) is 25.1 Å². The van der Waals surface area contributed by atoms with Crippen LogP contribution in [0.25, 0.3) is 27.7 Å². The van der Waals surface area contributed by atoms with E-state index in [9.17, 15) is 17.6 Å². The Labute approximate surface area is 267 Å². The second-order valence-corrected chi connectivity index (χ2v) is 13.6. The fraction of sp³-hybridized carbons (Fsp3) is 0.545. The van der Waals surface area contributed by atoms with Crippen LogP contribution in [0.3, 0.4) is 0 Å². The minimum Gasteiger partial charge on any atom is -0.458 e. The number of nitrogens with zero attached hydrogens (tertiary/aromatic N) is 5. The highest BCUT2D eigenvalue weighted by Crippen LogP contribution is 2.49. The van der Waals surface area contributed by atoms with E-state index in [1.807, 2.05) is 4.90 Å². The number of ether oxygens (including phenoxy) is 1. The molecule has 1 unspecified atom stereocenters. The zero-order chi connectivity index (χ0) is 32.9. The normalized spacial score (nSPS) is 29.1. The van der Waals surface area contributed by atoms with Gasteiger partial charge in [-0.25, -0.2) is 18.2 Å². The van der Waals surface area contributed by atoms with Gasteiger partial charge in [0.15, 0.2) is 5.82 Å². The first-order valence-corrected chi connectivity index (χ1v) is 16.2. The summed E-state index contributed by atoms with van der Waals surface area (Å²) in [5.74, 6) is -2.62. The number of nitrogens with one attached hydrogen (secondary N) is 1. The van der Waals surface area contributed by atoms with Gasteiger partial charge in [0, 0.05) is 42.8 Å². The van der Waals surface area contributed by atoms with Crippen LogP contribution in [-0.4, -0.2) is 75.9 Å². The van der Waals surface area contributed by atoms with Gasteiger partial charge in [-0.15, -0.1) is 0 Å². The summed E-state index contributed by atoms with van der Waals surface area (Å²) < 4.78 is 98.3. The molecule has 6 atom stereocenters. The van der Waals surface area contributed by atoms with E-state index >= 15 is 8.78 Å². The molecule has 3 aromatic rings. The third-order valence-corrected chi connectivity index (χ3v) is 10.7. The maximum Gasteiger partial charge on any atom is 0.418 e. The molecule has 0 radical (unpaired) electrons. The van der Waals surface area contributed by atoms with Crippen molar-refractivity contribution in [3.63, 3.8) is 0 Å². The predicted molar refractivity (Wildman–Crippen MR) is 165 cm³/mol. The van der Waals surface area contributed by atoms with E-state index in [1.165, 1.54) is 6.92 Å². The number of hydrogen-bond donors (Lipinski definition) is 2. The molecular weight excluding hydrogens is 624 g/mol. The number of rotatable bonds is 3. The van der Waals surface area contributed by atoms with Crippen LogP contribution >= 0.6 is 0 Å². The van der Waals surface area contributed by atoms with Crippen LogP contribution in [0.2, 0.25) is 0 Å². The molecule has 8 nitrogen and oxygen atoms in total. The van der Waals surface area contributed by atoms with Gasteiger partial charge >= 0.3 is 12.2 Å². The first-order valence-electron chi connectivity index (χ1n) is 16.2. The molecule has 0 aliphatic carbocycles. The van der Waals surface area contributed by atoms with Gasteiger partial charge in [0.2, 0.25) is 0 Å². The lowest BCUT2D eigenvalue weighted by molar-refractivity contribution is -0.137. The van der Waals surface area contributed by atoms with Crippen molar-refractivity contribution in [2.24, 2.45) is 0 Å². The highest BCUT2D eigenvalue weighted by molar-refractivity contribution is 6.03. The van der Waals surface area contributed by atoms with Gasteiger partial charge in [-0.05, 0) is 75.6 Å². The maximum absolute atomic E-state index is 17.0. The fourth-order valence-electron chi connectivity index (χ4n) is 8.70. The van der Waals surface area contributed by atoms with Crippen LogP contribution < -0.4 is 20.7 Å². The standard InChI is InChI=1S/C33H35F6N7O/c1-14-10-20-18-7-6-17(41-18)13-46(20)31-24-23(14)27(35)25(29-26(33(37,38)39)15(2)11-22(40)42-29)28(36)30(24)43-32(44-31)47-21-8-5-16(34)12-45-9-3-4-19(21)45/h11,16-21,41H,1,3-10,12-13H2,2H3,(H2,40,42)/t16-,17-,18+,19-,20-,21?/m1/s1. The number of hydrogen-bond acceptors (Lipinski definition) is 8. The third kappa shape index (κ3) is 4.92. The lowest BCUT2D eigenvalue weighted by Gasteiger charge is -2.41.